The van der Waals surface area contributed by atoms with Gasteiger partial charge >= 0.3 is 5.97 Å². The maximum Gasteiger partial charge on any atom is 0.338 e. The van der Waals surface area contributed by atoms with Gasteiger partial charge in [0.1, 0.15) is 12.4 Å². The van der Waals surface area contributed by atoms with Crippen LogP contribution in [0.5, 0.6) is 5.75 Å². The first-order chi connectivity index (χ1) is 8.69. The van der Waals surface area contributed by atoms with E-state index in [0.29, 0.717) is 30.2 Å². The molecule has 0 atom stereocenters. The van der Waals surface area contributed by atoms with Crippen LogP contribution in [0.3, 0.4) is 0 Å². The molecule has 0 spiro atoms. The Morgan fingerprint density at radius 2 is 2.28 bits per heavy atom. The Morgan fingerprint density at radius 3 is 2.89 bits per heavy atom. The molecule has 0 amide bonds. The van der Waals surface area contributed by atoms with Crippen molar-refractivity contribution in [3.63, 3.8) is 0 Å². The molecule has 0 aliphatic heterocycles. The number of carbonyl (C=O) groups excluding carboxylic acids is 1. The summed E-state index contributed by atoms with van der Waals surface area (Å²) in [5.74, 6) is 0.186. The number of carbonyl (C=O) groups is 1. The fraction of sp³-hybridized carbons (Fsp3) is 0.357. The molecule has 0 radical (unpaired) electrons. The summed E-state index contributed by atoms with van der Waals surface area (Å²) in [7, 11) is 0. The van der Waals surface area contributed by atoms with Gasteiger partial charge < -0.3 is 15.2 Å². The molecule has 0 aliphatic rings. The Hall–Kier alpha value is -1.97. The van der Waals surface area contributed by atoms with Crippen LogP contribution in [0.25, 0.3) is 0 Å². The lowest BCUT2D eigenvalue weighted by atomic mass is 10.2. The molecule has 0 unspecified atom stereocenters. The lowest BCUT2D eigenvalue weighted by Gasteiger charge is -2.09. The SMILES string of the molecule is C=CCOc1ccc(C(=O)OCCCC)cc1N. The minimum atomic E-state index is -0.356. The molecule has 1 aromatic carbocycles. The molecule has 0 saturated carbocycles. The van der Waals surface area contributed by atoms with Crippen molar-refractivity contribution in [1.29, 1.82) is 0 Å². The van der Waals surface area contributed by atoms with Crippen molar-refractivity contribution in [2.24, 2.45) is 0 Å². The summed E-state index contributed by atoms with van der Waals surface area (Å²) in [5.41, 5.74) is 6.65. The summed E-state index contributed by atoms with van der Waals surface area (Å²) >= 11 is 0. The van der Waals surface area contributed by atoms with Crippen LogP contribution in [0, 0.1) is 0 Å². The third-order valence-corrected chi connectivity index (χ3v) is 2.33. The summed E-state index contributed by atoms with van der Waals surface area (Å²) < 4.78 is 10.4. The number of unbranched alkanes of at least 4 members (excludes halogenated alkanes) is 1. The number of hydrogen-bond acceptors (Lipinski definition) is 4. The highest BCUT2D eigenvalue weighted by molar-refractivity contribution is 5.91. The highest BCUT2D eigenvalue weighted by Crippen LogP contribution is 2.22. The number of benzene rings is 1. The zero-order valence-corrected chi connectivity index (χ0v) is 10.6. The van der Waals surface area contributed by atoms with Crippen LogP contribution in [0.2, 0.25) is 0 Å². The smallest absolute Gasteiger partial charge is 0.338 e. The Labute approximate surface area is 107 Å². The van der Waals surface area contributed by atoms with Crippen LogP contribution >= 0.6 is 0 Å². The average molecular weight is 249 g/mol. The predicted molar refractivity (Wildman–Crippen MR) is 71.7 cm³/mol. The average Bonchev–Trinajstić information content (AvgIpc) is 2.37. The number of ether oxygens (including phenoxy) is 2. The standard InChI is InChI=1S/C14H19NO3/c1-3-5-9-18-14(16)11-6-7-13(12(15)10-11)17-8-4-2/h4,6-7,10H,2-3,5,8-9,15H2,1H3. The molecule has 1 aromatic rings. The van der Waals surface area contributed by atoms with Gasteiger partial charge in [-0.25, -0.2) is 4.79 Å². The van der Waals surface area contributed by atoms with Gasteiger partial charge in [0.25, 0.3) is 0 Å². The van der Waals surface area contributed by atoms with Crippen molar-refractivity contribution in [3.8, 4) is 5.75 Å². The zero-order chi connectivity index (χ0) is 13.4. The molecule has 4 heteroatoms. The van der Waals surface area contributed by atoms with Crippen LogP contribution in [-0.4, -0.2) is 19.2 Å². The molecule has 18 heavy (non-hydrogen) atoms. The monoisotopic (exact) mass is 249 g/mol. The first-order valence-electron chi connectivity index (χ1n) is 5.99. The Balaban J connectivity index is 2.65. The second kappa shape index (κ2) is 7.37. The van der Waals surface area contributed by atoms with Gasteiger partial charge in [0.2, 0.25) is 0 Å². The van der Waals surface area contributed by atoms with E-state index in [1.165, 1.54) is 0 Å². The predicted octanol–water partition coefficient (Wildman–Crippen LogP) is 2.79. The molecule has 98 valence electrons. The number of hydrogen-bond donors (Lipinski definition) is 1. The van der Waals surface area contributed by atoms with Crippen LogP contribution in [-0.2, 0) is 4.74 Å². The highest BCUT2D eigenvalue weighted by Gasteiger charge is 2.09. The van der Waals surface area contributed by atoms with Crippen LogP contribution in [0.1, 0.15) is 30.1 Å². The van der Waals surface area contributed by atoms with E-state index in [1.807, 2.05) is 6.92 Å². The minimum Gasteiger partial charge on any atom is -0.487 e. The van der Waals surface area contributed by atoms with Crippen molar-refractivity contribution in [3.05, 3.63) is 36.4 Å². The van der Waals surface area contributed by atoms with Gasteiger partial charge in [0.15, 0.2) is 0 Å². The number of rotatable bonds is 7. The van der Waals surface area contributed by atoms with E-state index in [0.717, 1.165) is 12.8 Å². The fourth-order valence-electron chi connectivity index (χ4n) is 1.35. The second-order valence-electron chi connectivity index (χ2n) is 3.84. The molecule has 0 aromatic heterocycles. The Bertz CT molecular complexity index is 416. The molecule has 0 fully saturated rings. The summed E-state index contributed by atoms with van der Waals surface area (Å²) in [4.78, 5) is 11.7. The van der Waals surface area contributed by atoms with Gasteiger partial charge in [-0.1, -0.05) is 26.0 Å². The third kappa shape index (κ3) is 4.13. The van der Waals surface area contributed by atoms with Crippen molar-refractivity contribution < 1.29 is 14.3 Å². The van der Waals surface area contributed by atoms with Gasteiger partial charge in [0, 0.05) is 0 Å². The van der Waals surface area contributed by atoms with E-state index in [2.05, 4.69) is 6.58 Å². The molecule has 2 N–H and O–H groups in total. The molecule has 0 saturated heterocycles. The maximum atomic E-state index is 11.7. The van der Waals surface area contributed by atoms with Crippen molar-refractivity contribution >= 4 is 11.7 Å². The summed E-state index contributed by atoms with van der Waals surface area (Å²) in [6, 6.07) is 4.87. The first kappa shape index (κ1) is 14.1. The van der Waals surface area contributed by atoms with Gasteiger partial charge in [-0.15, -0.1) is 0 Å². The van der Waals surface area contributed by atoms with E-state index < -0.39 is 0 Å². The Morgan fingerprint density at radius 1 is 1.50 bits per heavy atom. The quantitative estimate of drug-likeness (QED) is 0.349. The maximum absolute atomic E-state index is 11.7. The van der Waals surface area contributed by atoms with Gasteiger partial charge in [-0.05, 0) is 24.6 Å². The van der Waals surface area contributed by atoms with E-state index in [9.17, 15) is 4.79 Å². The highest BCUT2D eigenvalue weighted by atomic mass is 16.5. The summed E-state index contributed by atoms with van der Waals surface area (Å²) in [6.45, 7) is 6.41. The van der Waals surface area contributed by atoms with E-state index >= 15 is 0 Å². The number of nitrogens with two attached hydrogens (primary N) is 1. The van der Waals surface area contributed by atoms with Crippen LogP contribution < -0.4 is 10.5 Å². The summed E-state index contributed by atoms with van der Waals surface area (Å²) in [5, 5.41) is 0. The molecular weight excluding hydrogens is 230 g/mol. The lowest BCUT2D eigenvalue weighted by Crippen LogP contribution is -2.07. The largest absolute Gasteiger partial charge is 0.487 e. The van der Waals surface area contributed by atoms with Crippen molar-refractivity contribution in [2.45, 2.75) is 19.8 Å². The molecule has 0 heterocycles. The molecule has 4 nitrogen and oxygen atoms in total. The molecule has 0 aliphatic carbocycles. The Kier molecular flexibility index (Phi) is 5.77. The summed E-state index contributed by atoms with van der Waals surface area (Å²) in [6.07, 6.45) is 3.48. The van der Waals surface area contributed by atoms with Gasteiger partial charge in [-0.2, -0.15) is 0 Å². The molecule has 1 rings (SSSR count). The lowest BCUT2D eigenvalue weighted by molar-refractivity contribution is 0.0500. The van der Waals surface area contributed by atoms with Gasteiger partial charge in [-0.3, -0.25) is 0 Å². The zero-order valence-electron chi connectivity index (χ0n) is 10.6. The van der Waals surface area contributed by atoms with Crippen molar-refractivity contribution in [2.75, 3.05) is 18.9 Å². The fourth-order valence-corrected chi connectivity index (χ4v) is 1.35. The van der Waals surface area contributed by atoms with E-state index in [4.69, 9.17) is 15.2 Å². The second-order valence-corrected chi connectivity index (χ2v) is 3.84. The number of esters is 1. The van der Waals surface area contributed by atoms with Gasteiger partial charge in [0.05, 0.1) is 17.9 Å². The number of nitrogen functional groups attached to an aromatic ring is 1. The van der Waals surface area contributed by atoms with E-state index in [-0.39, 0.29) is 5.97 Å². The minimum absolute atomic E-state index is 0.356. The topological polar surface area (TPSA) is 61.5 Å². The van der Waals surface area contributed by atoms with Crippen LogP contribution in [0.15, 0.2) is 30.9 Å². The molecule has 0 bridgehead atoms. The molecular formula is C14H19NO3. The first-order valence-corrected chi connectivity index (χ1v) is 5.99. The number of anilines is 1. The van der Waals surface area contributed by atoms with Crippen molar-refractivity contribution in [1.82, 2.24) is 0 Å². The van der Waals surface area contributed by atoms with E-state index in [1.54, 1.807) is 24.3 Å². The normalized spacial score (nSPS) is 9.83. The third-order valence-electron chi connectivity index (χ3n) is 2.33. The van der Waals surface area contributed by atoms with Crippen LogP contribution in [0.4, 0.5) is 5.69 Å².